The lowest BCUT2D eigenvalue weighted by molar-refractivity contribution is -0.137. The summed E-state index contributed by atoms with van der Waals surface area (Å²) in [4.78, 5) is 22.8. The Morgan fingerprint density at radius 1 is 1.09 bits per heavy atom. The lowest BCUT2D eigenvalue weighted by Crippen LogP contribution is -2.29. The Hall–Kier alpha value is -4.15. The number of rotatable bonds is 6. The van der Waals surface area contributed by atoms with Crippen molar-refractivity contribution in [2.24, 2.45) is 7.05 Å². The number of fused-ring (bicyclic) bond motifs is 2. The molecule has 2 N–H and O–H groups in total. The predicted molar refractivity (Wildman–Crippen MR) is 121 cm³/mol. The van der Waals surface area contributed by atoms with Gasteiger partial charge in [0.15, 0.2) is 5.65 Å². The molecule has 4 aromatic rings. The number of alkyl halides is 3. The van der Waals surface area contributed by atoms with Gasteiger partial charge in [-0.3, -0.25) is 14.5 Å². The maximum atomic E-state index is 13.1. The highest BCUT2D eigenvalue weighted by atomic mass is 19.4. The van der Waals surface area contributed by atoms with Gasteiger partial charge in [0.1, 0.15) is 0 Å². The van der Waals surface area contributed by atoms with E-state index in [2.05, 4.69) is 25.7 Å². The molecule has 0 spiro atoms. The van der Waals surface area contributed by atoms with Crippen LogP contribution in [0, 0.1) is 0 Å². The summed E-state index contributed by atoms with van der Waals surface area (Å²) in [5, 5.41) is 11.3. The lowest BCUT2D eigenvalue weighted by Gasteiger charge is -2.17. The summed E-state index contributed by atoms with van der Waals surface area (Å²) in [7, 11) is 1.82. The standard InChI is InChI=1S/C23H20F3N7O/c1-32-21-15(9-30-32)7-18(12-29-21)31-19-4-2-3-14-13-33(22(34)20(14)19)6-5-28-17-8-16(10-27-11-17)23(24,25)26/h2-4,7-12,28,31H,5-6,13H2,1H3. The number of hydrogen-bond acceptors (Lipinski definition) is 6. The first-order valence-electron chi connectivity index (χ1n) is 10.5. The molecule has 1 aromatic carbocycles. The van der Waals surface area contributed by atoms with E-state index in [0.29, 0.717) is 24.3 Å². The number of benzene rings is 1. The highest BCUT2D eigenvalue weighted by Gasteiger charge is 2.31. The van der Waals surface area contributed by atoms with Crippen LogP contribution in [0.3, 0.4) is 0 Å². The summed E-state index contributed by atoms with van der Waals surface area (Å²) >= 11 is 0. The van der Waals surface area contributed by atoms with Gasteiger partial charge in [0, 0.05) is 44.5 Å². The van der Waals surface area contributed by atoms with Crippen molar-refractivity contribution in [1.29, 1.82) is 0 Å². The summed E-state index contributed by atoms with van der Waals surface area (Å²) in [6.07, 6.45) is 1.06. The van der Waals surface area contributed by atoms with Crippen LogP contribution < -0.4 is 10.6 Å². The quantitative estimate of drug-likeness (QED) is 0.442. The number of carbonyl (C=O) groups is 1. The molecule has 0 atom stereocenters. The van der Waals surface area contributed by atoms with Gasteiger partial charge in [-0.1, -0.05) is 12.1 Å². The first kappa shape index (κ1) is 21.7. The summed E-state index contributed by atoms with van der Waals surface area (Å²) in [5.41, 5.74) is 3.05. The molecule has 3 aromatic heterocycles. The molecule has 0 unspecified atom stereocenters. The van der Waals surface area contributed by atoms with Gasteiger partial charge in [-0.05, 0) is 23.8 Å². The van der Waals surface area contributed by atoms with Crippen LogP contribution in [0.25, 0.3) is 11.0 Å². The molecule has 1 aliphatic rings. The first-order chi connectivity index (χ1) is 16.3. The molecular weight excluding hydrogens is 447 g/mol. The number of aryl methyl sites for hydroxylation is 1. The summed E-state index contributed by atoms with van der Waals surface area (Å²) < 4.78 is 40.3. The molecule has 4 heterocycles. The highest BCUT2D eigenvalue weighted by molar-refractivity contribution is 6.04. The van der Waals surface area contributed by atoms with Gasteiger partial charge in [-0.15, -0.1) is 0 Å². The smallest absolute Gasteiger partial charge is 0.382 e. The van der Waals surface area contributed by atoms with Crippen molar-refractivity contribution in [1.82, 2.24) is 24.6 Å². The molecule has 0 aliphatic carbocycles. The second-order valence-electron chi connectivity index (χ2n) is 7.98. The van der Waals surface area contributed by atoms with Crippen LogP contribution in [0.2, 0.25) is 0 Å². The van der Waals surface area contributed by atoms with Crippen molar-refractivity contribution >= 4 is 34.0 Å². The Morgan fingerprint density at radius 3 is 2.76 bits per heavy atom. The average Bonchev–Trinajstić information content (AvgIpc) is 3.33. The van der Waals surface area contributed by atoms with Gasteiger partial charge in [0.25, 0.3) is 5.91 Å². The fourth-order valence-electron chi connectivity index (χ4n) is 4.00. The fourth-order valence-corrected chi connectivity index (χ4v) is 4.00. The van der Waals surface area contributed by atoms with E-state index in [9.17, 15) is 18.0 Å². The minimum atomic E-state index is -4.46. The van der Waals surface area contributed by atoms with Crippen molar-refractivity contribution in [3.8, 4) is 0 Å². The third-order valence-corrected chi connectivity index (χ3v) is 5.64. The Bertz CT molecular complexity index is 1380. The third kappa shape index (κ3) is 4.12. The zero-order valence-electron chi connectivity index (χ0n) is 18.1. The van der Waals surface area contributed by atoms with E-state index in [1.165, 1.54) is 6.20 Å². The van der Waals surface area contributed by atoms with Crippen LogP contribution in [0.5, 0.6) is 0 Å². The molecule has 0 radical (unpaired) electrons. The zero-order valence-corrected chi connectivity index (χ0v) is 18.1. The first-order valence-corrected chi connectivity index (χ1v) is 10.5. The molecule has 11 heteroatoms. The van der Waals surface area contributed by atoms with E-state index in [1.54, 1.807) is 22.0 Å². The summed E-state index contributed by atoms with van der Waals surface area (Å²) in [5.74, 6) is -0.141. The Balaban J connectivity index is 1.27. The molecule has 8 nitrogen and oxygen atoms in total. The van der Waals surface area contributed by atoms with Gasteiger partial charge < -0.3 is 15.5 Å². The maximum absolute atomic E-state index is 13.1. The van der Waals surface area contributed by atoms with Gasteiger partial charge in [-0.25, -0.2) is 4.98 Å². The van der Waals surface area contributed by atoms with Crippen molar-refractivity contribution in [2.45, 2.75) is 12.7 Å². The van der Waals surface area contributed by atoms with Crippen molar-refractivity contribution in [2.75, 3.05) is 23.7 Å². The predicted octanol–water partition coefficient (Wildman–Crippen LogP) is 4.19. The normalized spacial score (nSPS) is 13.4. The molecule has 34 heavy (non-hydrogen) atoms. The third-order valence-electron chi connectivity index (χ3n) is 5.64. The van der Waals surface area contributed by atoms with Crippen LogP contribution >= 0.6 is 0 Å². The van der Waals surface area contributed by atoms with Gasteiger partial charge in [0.2, 0.25) is 0 Å². The van der Waals surface area contributed by atoms with Crippen molar-refractivity contribution < 1.29 is 18.0 Å². The number of carbonyl (C=O) groups excluding carboxylic acids is 1. The number of halogens is 3. The Labute approximate surface area is 192 Å². The molecule has 0 saturated heterocycles. The van der Waals surface area contributed by atoms with Crippen LogP contribution in [0.4, 0.5) is 30.2 Å². The van der Waals surface area contributed by atoms with E-state index >= 15 is 0 Å². The number of nitrogens with zero attached hydrogens (tertiary/aromatic N) is 5. The molecular formula is C23H20F3N7O. The van der Waals surface area contributed by atoms with Crippen molar-refractivity contribution in [3.05, 3.63) is 71.8 Å². The van der Waals surface area contributed by atoms with Crippen LogP contribution in [-0.2, 0) is 19.8 Å². The van der Waals surface area contributed by atoms with Gasteiger partial charge in [-0.2, -0.15) is 18.3 Å². The van der Waals surface area contributed by atoms with Crippen LogP contribution in [-0.4, -0.2) is 43.6 Å². The number of amides is 1. The topological polar surface area (TPSA) is 88.0 Å². The summed E-state index contributed by atoms with van der Waals surface area (Å²) in [6, 6.07) is 8.52. The Morgan fingerprint density at radius 2 is 1.94 bits per heavy atom. The van der Waals surface area contributed by atoms with E-state index in [1.807, 2.05) is 31.3 Å². The fraction of sp³-hybridized carbons (Fsp3) is 0.217. The second kappa shape index (κ2) is 8.32. The van der Waals surface area contributed by atoms with E-state index < -0.39 is 11.7 Å². The van der Waals surface area contributed by atoms with E-state index in [0.717, 1.165) is 34.5 Å². The summed E-state index contributed by atoms with van der Waals surface area (Å²) in [6.45, 7) is 1.03. The average molecular weight is 467 g/mol. The molecule has 1 amide bonds. The maximum Gasteiger partial charge on any atom is 0.417 e. The SMILES string of the molecule is Cn1ncc2cc(Nc3cccc4c3C(=O)N(CCNc3cncc(C(F)(F)F)c3)C4)cnc21. The monoisotopic (exact) mass is 467 g/mol. The van der Waals surface area contributed by atoms with E-state index in [-0.39, 0.29) is 18.1 Å². The lowest BCUT2D eigenvalue weighted by atomic mass is 10.1. The number of pyridine rings is 2. The molecule has 174 valence electrons. The highest BCUT2D eigenvalue weighted by Crippen LogP contribution is 2.32. The molecule has 0 saturated carbocycles. The molecule has 0 bridgehead atoms. The number of anilines is 3. The number of hydrogen-bond donors (Lipinski definition) is 2. The van der Waals surface area contributed by atoms with Crippen LogP contribution in [0.15, 0.2) is 55.1 Å². The molecule has 0 fully saturated rings. The van der Waals surface area contributed by atoms with Gasteiger partial charge in [0.05, 0.1) is 40.6 Å². The second-order valence-corrected chi connectivity index (χ2v) is 7.98. The minimum absolute atomic E-state index is 0.141. The zero-order chi connectivity index (χ0) is 23.9. The van der Waals surface area contributed by atoms with E-state index in [4.69, 9.17) is 0 Å². The van der Waals surface area contributed by atoms with Crippen molar-refractivity contribution in [3.63, 3.8) is 0 Å². The molecule has 5 rings (SSSR count). The number of nitrogens with one attached hydrogen (secondary N) is 2. The van der Waals surface area contributed by atoms with Gasteiger partial charge >= 0.3 is 6.18 Å². The molecule has 1 aliphatic heterocycles. The Kier molecular flexibility index (Phi) is 5.31. The minimum Gasteiger partial charge on any atom is -0.382 e. The van der Waals surface area contributed by atoms with Crippen LogP contribution in [0.1, 0.15) is 21.5 Å². The number of aromatic nitrogens is 4. The largest absolute Gasteiger partial charge is 0.417 e.